The van der Waals surface area contributed by atoms with Crippen molar-refractivity contribution in [1.82, 2.24) is 0 Å². The van der Waals surface area contributed by atoms with Gasteiger partial charge in [0.05, 0.1) is 5.71 Å². The molecule has 1 heterocycles. The molecule has 1 atom stereocenters. The minimum absolute atomic E-state index is 0.535. The number of fused-ring (bicyclic) bond motifs is 1. The third kappa shape index (κ3) is 2.29. The van der Waals surface area contributed by atoms with Gasteiger partial charge in [0.2, 0.25) is 0 Å². The van der Waals surface area contributed by atoms with E-state index in [4.69, 9.17) is 16.4 Å². The second-order valence-electron chi connectivity index (χ2n) is 3.49. The molecule has 0 saturated heterocycles. The zero-order valence-electron chi connectivity index (χ0n) is 8.66. The van der Waals surface area contributed by atoms with Crippen LogP contribution in [0.1, 0.15) is 18.9 Å². The Morgan fingerprint density at radius 2 is 2.33 bits per heavy atom. The van der Waals surface area contributed by atoms with Gasteiger partial charge >= 0.3 is 0 Å². The molecule has 0 bridgehead atoms. The summed E-state index contributed by atoms with van der Waals surface area (Å²) in [7, 11) is 1.57. The Labute approximate surface area is 98.6 Å². The van der Waals surface area contributed by atoms with E-state index < -0.39 is 0 Å². The lowest BCUT2D eigenvalue weighted by atomic mass is 10.1. The van der Waals surface area contributed by atoms with Crippen molar-refractivity contribution < 1.29 is 4.84 Å². The Kier molecular flexibility index (Phi) is 3.22. The second kappa shape index (κ2) is 4.45. The molecule has 0 fully saturated rings. The van der Waals surface area contributed by atoms with Gasteiger partial charge in [0, 0.05) is 27.2 Å². The van der Waals surface area contributed by atoms with Crippen LogP contribution < -0.4 is 0 Å². The third-order valence-corrected chi connectivity index (χ3v) is 3.68. The molecule has 0 aliphatic carbocycles. The van der Waals surface area contributed by atoms with Crippen LogP contribution in [0.5, 0.6) is 0 Å². The Morgan fingerprint density at radius 1 is 1.53 bits per heavy atom. The molecule has 1 aromatic rings. The van der Waals surface area contributed by atoms with Gasteiger partial charge in [-0.15, -0.1) is 11.8 Å². The minimum Gasteiger partial charge on any atom is -0.399 e. The lowest BCUT2D eigenvalue weighted by Crippen LogP contribution is -2.15. The minimum atomic E-state index is 0.535. The molecular formula is C11H12ClNOS. The fraction of sp³-hybridized carbons (Fsp3) is 0.364. The quantitative estimate of drug-likeness (QED) is 0.701. The van der Waals surface area contributed by atoms with Gasteiger partial charge in [-0.1, -0.05) is 23.7 Å². The first kappa shape index (κ1) is 10.8. The summed E-state index contributed by atoms with van der Waals surface area (Å²) in [5.74, 6) is 0. The molecule has 2 nitrogen and oxygen atoms in total. The van der Waals surface area contributed by atoms with Crippen LogP contribution in [0.4, 0.5) is 0 Å². The van der Waals surface area contributed by atoms with E-state index in [2.05, 4.69) is 12.1 Å². The molecular weight excluding hydrogens is 230 g/mol. The number of hydrogen-bond acceptors (Lipinski definition) is 3. The molecule has 1 aliphatic heterocycles. The van der Waals surface area contributed by atoms with Crippen LogP contribution in [0.3, 0.4) is 0 Å². The smallest absolute Gasteiger partial charge is 0.106 e. The van der Waals surface area contributed by atoms with Gasteiger partial charge in [-0.2, -0.15) is 0 Å². The highest BCUT2D eigenvalue weighted by Gasteiger charge is 2.22. The van der Waals surface area contributed by atoms with Crippen molar-refractivity contribution in [3.05, 3.63) is 28.8 Å². The van der Waals surface area contributed by atoms with Gasteiger partial charge in [-0.25, -0.2) is 0 Å². The van der Waals surface area contributed by atoms with Crippen molar-refractivity contribution in [2.24, 2.45) is 5.16 Å². The number of halogens is 1. The maximum Gasteiger partial charge on any atom is 0.106 e. The highest BCUT2D eigenvalue weighted by molar-refractivity contribution is 8.00. The van der Waals surface area contributed by atoms with Gasteiger partial charge in [-0.05, 0) is 18.2 Å². The standard InChI is InChI=1S/C11H12ClNOS/c1-7-5-10(13-14-2)9-6-8(12)3-4-11(9)15-7/h3-4,6-7H,5H2,1-2H3/b13-10-. The SMILES string of the molecule is CO/N=C1/CC(C)Sc2ccc(Cl)cc21. The summed E-state index contributed by atoms with van der Waals surface area (Å²) >= 11 is 7.83. The molecule has 1 unspecified atom stereocenters. The maximum absolute atomic E-state index is 5.97. The van der Waals surface area contributed by atoms with Gasteiger partial charge in [0.1, 0.15) is 7.11 Å². The normalized spacial score (nSPS) is 22.6. The molecule has 80 valence electrons. The van der Waals surface area contributed by atoms with Crippen molar-refractivity contribution in [3.8, 4) is 0 Å². The van der Waals surface area contributed by atoms with Crippen molar-refractivity contribution in [1.29, 1.82) is 0 Å². The molecule has 1 aromatic carbocycles. The van der Waals surface area contributed by atoms with Crippen molar-refractivity contribution in [3.63, 3.8) is 0 Å². The Morgan fingerprint density at radius 3 is 3.07 bits per heavy atom. The number of benzene rings is 1. The monoisotopic (exact) mass is 241 g/mol. The van der Waals surface area contributed by atoms with E-state index in [1.165, 1.54) is 4.90 Å². The van der Waals surface area contributed by atoms with Crippen molar-refractivity contribution in [2.45, 2.75) is 23.5 Å². The average Bonchev–Trinajstić information content (AvgIpc) is 2.19. The summed E-state index contributed by atoms with van der Waals surface area (Å²) in [6.07, 6.45) is 0.922. The van der Waals surface area contributed by atoms with E-state index >= 15 is 0 Å². The highest BCUT2D eigenvalue weighted by Crippen LogP contribution is 2.36. The van der Waals surface area contributed by atoms with Gasteiger partial charge in [-0.3, -0.25) is 0 Å². The van der Waals surface area contributed by atoms with Crippen LogP contribution in [-0.4, -0.2) is 18.1 Å². The molecule has 4 heteroatoms. The van der Waals surface area contributed by atoms with E-state index in [0.717, 1.165) is 22.7 Å². The summed E-state index contributed by atoms with van der Waals surface area (Å²) in [6, 6.07) is 5.91. The first-order valence-corrected chi connectivity index (χ1v) is 6.03. The fourth-order valence-electron chi connectivity index (χ4n) is 1.67. The van der Waals surface area contributed by atoms with E-state index in [1.807, 2.05) is 30.0 Å². The highest BCUT2D eigenvalue weighted by atomic mass is 35.5. The zero-order valence-corrected chi connectivity index (χ0v) is 10.2. The van der Waals surface area contributed by atoms with E-state index in [-0.39, 0.29) is 0 Å². The number of thioether (sulfide) groups is 1. The first-order valence-electron chi connectivity index (χ1n) is 4.77. The summed E-state index contributed by atoms with van der Waals surface area (Å²) in [4.78, 5) is 6.09. The fourth-order valence-corrected chi connectivity index (χ4v) is 2.96. The number of nitrogens with zero attached hydrogens (tertiary/aromatic N) is 1. The Bertz CT molecular complexity index is 406. The molecule has 0 aromatic heterocycles. The van der Waals surface area contributed by atoms with Gasteiger partial charge in [0.25, 0.3) is 0 Å². The molecule has 0 amide bonds. The molecule has 1 aliphatic rings. The van der Waals surface area contributed by atoms with Crippen LogP contribution in [0.15, 0.2) is 28.3 Å². The van der Waals surface area contributed by atoms with E-state index in [0.29, 0.717) is 5.25 Å². The van der Waals surface area contributed by atoms with Crippen LogP contribution in [0.2, 0.25) is 5.02 Å². The molecule has 0 saturated carbocycles. The molecule has 0 radical (unpaired) electrons. The number of oxime groups is 1. The summed E-state index contributed by atoms with van der Waals surface area (Å²) in [6.45, 7) is 2.19. The number of hydrogen-bond donors (Lipinski definition) is 0. The lowest BCUT2D eigenvalue weighted by Gasteiger charge is -2.22. The van der Waals surface area contributed by atoms with Gasteiger partial charge < -0.3 is 4.84 Å². The maximum atomic E-state index is 5.97. The Balaban J connectivity index is 2.48. The molecule has 15 heavy (non-hydrogen) atoms. The first-order chi connectivity index (χ1) is 7.20. The largest absolute Gasteiger partial charge is 0.399 e. The average molecular weight is 242 g/mol. The van der Waals surface area contributed by atoms with E-state index in [1.54, 1.807) is 7.11 Å². The molecule has 0 spiro atoms. The molecule has 2 rings (SSSR count). The summed E-state index contributed by atoms with van der Waals surface area (Å²) in [5, 5.41) is 5.34. The zero-order chi connectivity index (χ0) is 10.8. The van der Waals surface area contributed by atoms with Crippen LogP contribution in [0, 0.1) is 0 Å². The predicted octanol–water partition coefficient (Wildman–Crippen LogP) is 3.57. The van der Waals surface area contributed by atoms with Crippen LogP contribution in [-0.2, 0) is 4.84 Å². The Hall–Kier alpha value is -0.670. The topological polar surface area (TPSA) is 21.6 Å². The van der Waals surface area contributed by atoms with E-state index in [9.17, 15) is 0 Å². The summed E-state index contributed by atoms with van der Waals surface area (Å²) in [5.41, 5.74) is 2.09. The van der Waals surface area contributed by atoms with Crippen molar-refractivity contribution in [2.75, 3.05) is 7.11 Å². The van der Waals surface area contributed by atoms with Crippen LogP contribution >= 0.6 is 23.4 Å². The third-order valence-electron chi connectivity index (χ3n) is 2.26. The summed E-state index contributed by atoms with van der Waals surface area (Å²) < 4.78 is 0. The molecule has 0 N–H and O–H groups in total. The van der Waals surface area contributed by atoms with Crippen LogP contribution in [0.25, 0.3) is 0 Å². The van der Waals surface area contributed by atoms with Gasteiger partial charge in [0.15, 0.2) is 0 Å². The predicted molar refractivity (Wildman–Crippen MR) is 64.9 cm³/mol. The lowest BCUT2D eigenvalue weighted by molar-refractivity contribution is 0.212. The number of rotatable bonds is 1. The second-order valence-corrected chi connectivity index (χ2v) is 5.41. The van der Waals surface area contributed by atoms with Crippen molar-refractivity contribution >= 4 is 29.1 Å².